The van der Waals surface area contributed by atoms with Crippen molar-refractivity contribution >= 4 is 11.9 Å². The number of hydrogen-bond donors (Lipinski definition) is 0. The molecule has 0 aromatic heterocycles. The van der Waals surface area contributed by atoms with Gasteiger partial charge in [0.1, 0.15) is 24.9 Å². The van der Waals surface area contributed by atoms with Crippen LogP contribution in [-0.2, 0) is 38.0 Å². The van der Waals surface area contributed by atoms with E-state index in [0.29, 0.717) is 32.5 Å². The first-order chi connectivity index (χ1) is 14.4. The molecule has 1 aliphatic carbocycles. The Morgan fingerprint density at radius 2 is 1.77 bits per heavy atom. The van der Waals surface area contributed by atoms with Crippen LogP contribution in [0.2, 0.25) is 0 Å². The van der Waals surface area contributed by atoms with Crippen molar-refractivity contribution in [1.29, 1.82) is 0 Å². The van der Waals surface area contributed by atoms with Gasteiger partial charge >= 0.3 is 11.9 Å². The van der Waals surface area contributed by atoms with E-state index >= 15 is 0 Å². The maximum absolute atomic E-state index is 12.6. The van der Waals surface area contributed by atoms with Gasteiger partial charge in [0.25, 0.3) is 0 Å². The standard InChI is InChI=1S/C22H32O8/c1-5-19-25-10-16(29-19)11-27-22(24)17-8-7-15(9-13(17)3)21(23)28-14(4)18-12-26-20(6-2)30-18/h5-6,13-20H,1-2,7-12H2,3-4H3/t13?,14-,15?,16?,17?,18?,19?,20?/m0/s1. The van der Waals surface area contributed by atoms with Crippen LogP contribution in [-0.4, -0.2) is 62.7 Å². The lowest BCUT2D eigenvalue weighted by Gasteiger charge is -2.32. The topological polar surface area (TPSA) is 89.5 Å². The lowest BCUT2D eigenvalue weighted by molar-refractivity contribution is -0.165. The van der Waals surface area contributed by atoms with Gasteiger partial charge in [-0.15, -0.1) is 0 Å². The number of esters is 2. The Hall–Kier alpha value is -1.74. The van der Waals surface area contributed by atoms with E-state index in [1.807, 2.05) is 6.92 Å². The van der Waals surface area contributed by atoms with Crippen molar-refractivity contribution in [1.82, 2.24) is 0 Å². The molecule has 0 aromatic carbocycles. The van der Waals surface area contributed by atoms with Gasteiger partial charge in [-0.2, -0.15) is 0 Å². The van der Waals surface area contributed by atoms with Crippen LogP contribution in [0.3, 0.4) is 0 Å². The molecule has 0 N–H and O–H groups in total. The summed E-state index contributed by atoms with van der Waals surface area (Å²) in [6.45, 7) is 11.9. The van der Waals surface area contributed by atoms with Crippen LogP contribution in [0.15, 0.2) is 25.3 Å². The Morgan fingerprint density at radius 1 is 1.07 bits per heavy atom. The smallest absolute Gasteiger partial charge is 0.309 e. The number of rotatable bonds is 8. The summed E-state index contributed by atoms with van der Waals surface area (Å²) in [5.41, 5.74) is 0. The number of ether oxygens (including phenoxy) is 6. The molecule has 0 amide bonds. The number of carbonyl (C=O) groups is 2. The number of hydrogen-bond acceptors (Lipinski definition) is 8. The lowest BCUT2D eigenvalue weighted by Crippen LogP contribution is -2.37. The molecule has 0 bridgehead atoms. The summed E-state index contributed by atoms with van der Waals surface area (Å²) in [5, 5.41) is 0. The van der Waals surface area contributed by atoms with Crippen molar-refractivity contribution in [2.24, 2.45) is 17.8 Å². The van der Waals surface area contributed by atoms with Gasteiger partial charge in [0.15, 0.2) is 12.6 Å². The molecule has 8 heteroatoms. The molecule has 2 aliphatic heterocycles. The average molecular weight is 424 g/mol. The van der Waals surface area contributed by atoms with E-state index in [4.69, 9.17) is 28.4 Å². The first-order valence-corrected chi connectivity index (χ1v) is 10.6. The Balaban J connectivity index is 1.40. The van der Waals surface area contributed by atoms with E-state index in [1.54, 1.807) is 19.1 Å². The van der Waals surface area contributed by atoms with E-state index in [9.17, 15) is 9.59 Å². The second kappa shape index (κ2) is 10.5. The second-order valence-electron chi connectivity index (χ2n) is 8.17. The molecular weight excluding hydrogens is 392 g/mol. The van der Waals surface area contributed by atoms with E-state index < -0.39 is 18.7 Å². The first kappa shape index (κ1) is 22.9. The van der Waals surface area contributed by atoms with Gasteiger partial charge in [-0.1, -0.05) is 20.1 Å². The van der Waals surface area contributed by atoms with E-state index in [1.165, 1.54) is 0 Å². The molecule has 1 saturated carbocycles. The predicted octanol–water partition coefficient (Wildman–Crippen LogP) is 2.37. The molecule has 2 heterocycles. The molecule has 7 unspecified atom stereocenters. The Bertz CT molecular complexity index is 635. The minimum Gasteiger partial charge on any atom is -0.463 e. The Labute approximate surface area is 177 Å². The molecule has 3 rings (SSSR count). The largest absolute Gasteiger partial charge is 0.463 e. The molecule has 30 heavy (non-hydrogen) atoms. The first-order valence-electron chi connectivity index (χ1n) is 10.6. The van der Waals surface area contributed by atoms with Gasteiger partial charge in [0.05, 0.1) is 25.0 Å². The van der Waals surface area contributed by atoms with Crippen molar-refractivity contribution in [3.63, 3.8) is 0 Å². The molecular formula is C22H32O8. The fraction of sp³-hybridized carbons (Fsp3) is 0.727. The normalized spacial score (nSPS) is 37.3. The maximum atomic E-state index is 12.6. The van der Waals surface area contributed by atoms with Crippen molar-refractivity contribution < 1.29 is 38.0 Å². The van der Waals surface area contributed by atoms with Crippen molar-refractivity contribution in [3.05, 3.63) is 25.3 Å². The highest BCUT2D eigenvalue weighted by Crippen LogP contribution is 2.35. The molecule has 0 spiro atoms. The highest BCUT2D eigenvalue weighted by Gasteiger charge is 2.39. The molecule has 168 valence electrons. The third-order valence-electron chi connectivity index (χ3n) is 5.93. The van der Waals surface area contributed by atoms with E-state index in [2.05, 4.69) is 13.2 Å². The fourth-order valence-electron chi connectivity index (χ4n) is 4.09. The molecule has 0 aromatic rings. The SMILES string of the molecule is C=CC1OCC(COC(=O)C2CCC(C(=O)O[C@@H](C)C3COC(C=C)O3)CC2C)O1. The quantitative estimate of drug-likeness (QED) is 0.433. The van der Waals surface area contributed by atoms with Crippen LogP contribution in [0, 0.1) is 17.8 Å². The Kier molecular flexibility index (Phi) is 8.05. The van der Waals surface area contributed by atoms with Crippen molar-refractivity contribution in [3.8, 4) is 0 Å². The lowest BCUT2D eigenvalue weighted by atomic mass is 9.75. The van der Waals surface area contributed by atoms with Crippen LogP contribution < -0.4 is 0 Å². The fourth-order valence-corrected chi connectivity index (χ4v) is 4.09. The van der Waals surface area contributed by atoms with Gasteiger partial charge in [-0.3, -0.25) is 9.59 Å². The summed E-state index contributed by atoms with van der Waals surface area (Å²) < 4.78 is 32.9. The zero-order chi connectivity index (χ0) is 21.7. The molecule has 3 aliphatic rings. The zero-order valence-corrected chi connectivity index (χ0v) is 17.7. The maximum Gasteiger partial charge on any atom is 0.309 e. The number of carbonyl (C=O) groups excluding carboxylic acids is 2. The summed E-state index contributed by atoms with van der Waals surface area (Å²) >= 11 is 0. The van der Waals surface area contributed by atoms with Crippen LogP contribution >= 0.6 is 0 Å². The highest BCUT2D eigenvalue weighted by atomic mass is 16.7. The summed E-state index contributed by atoms with van der Waals surface area (Å²) in [4.78, 5) is 25.1. The average Bonchev–Trinajstić information content (AvgIpc) is 3.41. The van der Waals surface area contributed by atoms with Crippen molar-refractivity contribution in [2.45, 2.75) is 64.0 Å². The van der Waals surface area contributed by atoms with E-state index in [-0.39, 0.29) is 48.5 Å². The van der Waals surface area contributed by atoms with Gasteiger partial charge in [-0.25, -0.2) is 0 Å². The zero-order valence-electron chi connectivity index (χ0n) is 17.7. The third kappa shape index (κ3) is 5.69. The van der Waals surface area contributed by atoms with Gasteiger partial charge in [0.2, 0.25) is 0 Å². The highest BCUT2D eigenvalue weighted by molar-refractivity contribution is 5.75. The van der Waals surface area contributed by atoms with Crippen LogP contribution in [0.1, 0.15) is 33.1 Å². The molecule has 2 saturated heterocycles. The summed E-state index contributed by atoms with van der Waals surface area (Å²) in [7, 11) is 0. The Morgan fingerprint density at radius 3 is 2.40 bits per heavy atom. The summed E-state index contributed by atoms with van der Waals surface area (Å²) in [6.07, 6.45) is 3.02. The van der Waals surface area contributed by atoms with Crippen LogP contribution in [0.25, 0.3) is 0 Å². The molecule has 8 nitrogen and oxygen atoms in total. The van der Waals surface area contributed by atoms with Crippen molar-refractivity contribution in [2.75, 3.05) is 19.8 Å². The minimum absolute atomic E-state index is 0.0250. The minimum atomic E-state index is -0.457. The van der Waals surface area contributed by atoms with E-state index in [0.717, 1.165) is 0 Å². The van der Waals surface area contributed by atoms with Gasteiger partial charge < -0.3 is 28.4 Å². The van der Waals surface area contributed by atoms with Gasteiger partial charge in [0, 0.05) is 0 Å². The monoisotopic (exact) mass is 424 g/mol. The molecule has 3 fully saturated rings. The van der Waals surface area contributed by atoms with Crippen LogP contribution in [0.4, 0.5) is 0 Å². The predicted molar refractivity (Wildman–Crippen MR) is 106 cm³/mol. The molecule has 8 atom stereocenters. The van der Waals surface area contributed by atoms with Crippen LogP contribution in [0.5, 0.6) is 0 Å². The van der Waals surface area contributed by atoms with Gasteiger partial charge in [-0.05, 0) is 44.3 Å². The summed E-state index contributed by atoms with van der Waals surface area (Å²) in [5.74, 6) is -0.941. The third-order valence-corrected chi connectivity index (χ3v) is 5.93. The molecule has 0 radical (unpaired) electrons. The second-order valence-corrected chi connectivity index (χ2v) is 8.17. The summed E-state index contributed by atoms with van der Waals surface area (Å²) in [6, 6.07) is 0.